The molecule has 1 saturated heterocycles. The van der Waals surface area contributed by atoms with Crippen LogP contribution in [-0.4, -0.2) is 48.3 Å². The predicted octanol–water partition coefficient (Wildman–Crippen LogP) is 0.234. The summed E-state index contributed by atoms with van der Waals surface area (Å²) in [4.78, 5) is 2.33. The molecule has 1 atom stereocenters. The van der Waals surface area contributed by atoms with Gasteiger partial charge in [0.1, 0.15) is 5.84 Å². The molecule has 1 fully saturated rings. The van der Waals surface area contributed by atoms with Crippen molar-refractivity contribution in [3.05, 3.63) is 0 Å². The van der Waals surface area contributed by atoms with Gasteiger partial charge in [0.25, 0.3) is 0 Å². The molecule has 1 unspecified atom stereocenters. The van der Waals surface area contributed by atoms with Gasteiger partial charge in [-0.3, -0.25) is 4.90 Å². The highest BCUT2D eigenvalue weighted by Gasteiger charge is 2.20. The molecular formula is C9H19N3O2. The van der Waals surface area contributed by atoms with E-state index in [4.69, 9.17) is 15.7 Å². The predicted molar refractivity (Wildman–Crippen MR) is 54.5 cm³/mol. The first-order valence-corrected chi connectivity index (χ1v) is 5.06. The first-order valence-electron chi connectivity index (χ1n) is 5.06. The second-order valence-electron chi connectivity index (χ2n) is 3.51. The lowest BCUT2D eigenvalue weighted by molar-refractivity contribution is 0.0170. The Hall–Kier alpha value is -0.810. The third kappa shape index (κ3) is 3.16. The van der Waals surface area contributed by atoms with E-state index in [1.54, 1.807) is 0 Å². The second kappa shape index (κ2) is 5.82. The van der Waals surface area contributed by atoms with Crippen LogP contribution in [0.25, 0.3) is 0 Å². The van der Waals surface area contributed by atoms with Crippen LogP contribution in [-0.2, 0) is 4.74 Å². The lowest BCUT2D eigenvalue weighted by atomic mass is 10.1. The van der Waals surface area contributed by atoms with Gasteiger partial charge in [-0.1, -0.05) is 12.1 Å². The Morgan fingerprint density at radius 2 is 2.21 bits per heavy atom. The van der Waals surface area contributed by atoms with Crippen LogP contribution >= 0.6 is 0 Å². The van der Waals surface area contributed by atoms with Crippen molar-refractivity contribution in [3.63, 3.8) is 0 Å². The first kappa shape index (κ1) is 11.3. The molecule has 82 valence electrons. The maximum absolute atomic E-state index is 8.50. The van der Waals surface area contributed by atoms with Crippen LogP contribution in [0.2, 0.25) is 0 Å². The van der Waals surface area contributed by atoms with Gasteiger partial charge in [0, 0.05) is 25.6 Å². The minimum Gasteiger partial charge on any atom is -0.409 e. The zero-order valence-corrected chi connectivity index (χ0v) is 8.65. The van der Waals surface area contributed by atoms with Crippen molar-refractivity contribution >= 4 is 5.84 Å². The van der Waals surface area contributed by atoms with Crippen LogP contribution < -0.4 is 5.73 Å². The van der Waals surface area contributed by atoms with Crippen molar-refractivity contribution in [1.29, 1.82) is 0 Å². The summed E-state index contributed by atoms with van der Waals surface area (Å²) in [5.74, 6) is 0.309. The van der Waals surface area contributed by atoms with Crippen molar-refractivity contribution in [2.75, 3.05) is 26.3 Å². The largest absolute Gasteiger partial charge is 0.409 e. The first-order chi connectivity index (χ1) is 6.77. The van der Waals surface area contributed by atoms with Crippen molar-refractivity contribution < 1.29 is 9.94 Å². The van der Waals surface area contributed by atoms with Gasteiger partial charge in [-0.2, -0.15) is 0 Å². The van der Waals surface area contributed by atoms with Gasteiger partial charge in [-0.25, -0.2) is 0 Å². The number of hydrogen-bond donors (Lipinski definition) is 2. The molecule has 1 aliphatic heterocycles. The van der Waals surface area contributed by atoms with E-state index in [9.17, 15) is 0 Å². The summed E-state index contributed by atoms with van der Waals surface area (Å²) in [7, 11) is 0. The fraction of sp³-hybridized carbons (Fsp3) is 0.889. The molecule has 5 heteroatoms. The van der Waals surface area contributed by atoms with Gasteiger partial charge in [0.15, 0.2) is 0 Å². The molecule has 1 heterocycles. The number of amidine groups is 1. The van der Waals surface area contributed by atoms with Crippen LogP contribution in [0.1, 0.15) is 19.8 Å². The van der Waals surface area contributed by atoms with Gasteiger partial charge >= 0.3 is 0 Å². The number of ether oxygens (including phenoxy) is 1. The third-order valence-electron chi connectivity index (χ3n) is 2.61. The van der Waals surface area contributed by atoms with Crippen molar-refractivity contribution in [2.45, 2.75) is 25.8 Å². The van der Waals surface area contributed by atoms with E-state index in [0.717, 1.165) is 32.7 Å². The molecule has 5 nitrogen and oxygen atoms in total. The molecular weight excluding hydrogens is 182 g/mol. The number of oxime groups is 1. The Morgan fingerprint density at radius 1 is 1.57 bits per heavy atom. The molecule has 3 N–H and O–H groups in total. The van der Waals surface area contributed by atoms with Crippen LogP contribution in [0.3, 0.4) is 0 Å². The van der Waals surface area contributed by atoms with Gasteiger partial charge in [0.2, 0.25) is 0 Å². The zero-order chi connectivity index (χ0) is 10.4. The lowest BCUT2D eigenvalue weighted by Crippen LogP contribution is -2.44. The summed E-state index contributed by atoms with van der Waals surface area (Å²) in [5.41, 5.74) is 5.50. The van der Waals surface area contributed by atoms with Gasteiger partial charge in [-0.15, -0.1) is 0 Å². The number of nitrogens with two attached hydrogens (primary N) is 1. The van der Waals surface area contributed by atoms with Crippen molar-refractivity contribution in [1.82, 2.24) is 4.90 Å². The monoisotopic (exact) mass is 201 g/mol. The lowest BCUT2D eigenvalue weighted by Gasteiger charge is -2.33. The van der Waals surface area contributed by atoms with Crippen LogP contribution in [0.5, 0.6) is 0 Å². The Labute approximate surface area is 84.5 Å². The molecule has 0 aromatic heterocycles. The van der Waals surface area contributed by atoms with E-state index < -0.39 is 0 Å². The quantitative estimate of drug-likeness (QED) is 0.296. The van der Waals surface area contributed by atoms with E-state index >= 15 is 0 Å². The third-order valence-corrected chi connectivity index (χ3v) is 2.61. The van der Waals surface area contributed by atoms with Crippen molar-refractivity contribution in [3.8, 4) is 0 Å². The highest BCUT2D eigenvalue weighted by molar-refractivity contribution is 5.80. The molecule has 0 aromatic rings. The maximum Gasteiger partial charge on any atom is 0.140 e. The topological polar surface area (TPSA) is 71.1 Å². The standard InChI is InChI=1S/C9H19N3O2/c1-2-8(7-9(10)11-13)12-3-5-14-6-4-12/h8,13H,2-7H2,1H3,(H2,10,11). The Balaban J connectivity index is 2.43. The van der Waals surface area contributed by atoms with Gasteiger partial charge < -0.3 is 15.7 Å². The average Bonchev–Trinajstić information content (AvgIpc) is 2.26. The van der Waals surface area contributed by atoms with E-state index in [1.165, 1.54) is 0 Å². The summed E-state index contributed by atoms with van der Waals surface area (Å²) >= 11 is 0. The Kier molecular flexibility index (Phi) is 4.69. The maximum atomic E-state index is 8.50. The fourth-order valence-corrected chi connectivity index (χ4v) is 1.76. The summed E-state index contributed by atoms with van der Waals surface area (Å²) in [6.45, 7) is 5.57. The normalized spacial score (nSPS) is 22.2. The van der Waals surface area contributed by atoms with Gasteiger partial charge in [0.05, 0.1) is 13.2 Å². The Morgan fingerprint density at radius 3 is 2.71 bits per heavy atom. The number of hydrogen-bond acceptors (Lipinski definition) is 4. The van der Waals surface area contributed by atoms with Gasteiger partial charge in [-0.05, 0) is 6.42 Å². The number of morpholine rings is 1. The van der Waals surface area contributed by atoms with Crippen molar-refractivity contribution in [2.24, 2.45) is 10.9 Å². The smallest absolute Gasteiger partial charge is 0.140 e. The molecule has 1 rings (SSSR count). The van der Waals surface area contributed by atoms with E-state index in [-0.39, 0.29) is 0 Å². The van der Waals surface area contributed by atoms with Crippen LogP contribution in [0.15, 0.2) is 5.16 Å². The molecule has 0 saturated carbocycles. The minimum absolute atomic E-state index is 0.309. The molecule has 0 aliphatic carbocycles. The molecule has 1 aliphatic rings. The second-order valence-corrected chi connectivity index (χ2v) is 3.51. The summed E-state index contributed by atoms with van der Waals surface area (Å²) in [5, 5.41) is 11.5. The highest BCUT2D eigenvalue weighted by Crippen LogP contribution is 2.10. The average molecular weight is 201 g/mol. The molecule has 14 heavy (non-hydrogen) atoms. The highest BCUT2D eigenvalue weighted by atomic mass is 16.5. The number of nitrogens with zero attached hydrogens (tertiary/aromatic N) is 2. The SMILES string of the molecule is CCC(C/C(N)=N/O)N1CCOCC1. The number of rotatable bonds is 4. The van der Waals surface area contributed by atoms with Crippen LogP contribution in [0, 0.1) is 0 Å². The molecule has 0 radical (unpaired) electrons. The zero-order valence-electron chi connectivity index (χ0n) is 8.65. The molecule has 0 aromatic carbocycles. The minimum atomic E-state index is 0.309. The molecule has 0 bridgehead atoms. The summed E-state index contributed by atoms with van der Waals surface area (Å²) in [6.07, 6.45) is 1.64. The van der Waals surface area contributed by atoms with E-state index in [1.807, 2.05) is 0 Å². The summed E-state index contributed by atoms with van der Waals surface area (Å²) < 4.78 is 5.27. The van der Waals surface area contributed by atoms with Crippen LogP contribution in [0.4, 0.5) is 0 Å². The van der Waals surface area contributed by atoms with E-state index in [0.29, 0.717) is 18.3 Å². The molecule has 0 amide bonds. The Bertz CT molecular complexity index is 190. The van der Waals surface area contributed by atoms with E-state index in [2.05, 4.69) is 17.0 Å². The molecule has 0 spiro atoms. The fourth-order valence-electron chi connectivity index (χ4n) is 1.76. The summed E-state index contributed by atoms with van der Waals surface area (Å²) in [6, 6.07) is 0.370.